The van der Waals surface area contributed by atoms with Gasteiger partial charge in [0.2, 0.25) is 0 Å². The minimum atomic E-state index is -0.244. The van der Waals surface area contributed by atoms with Crippen LogP contribution in [0, 0.1) is 0 Å². The van der Waals surface area contributed by atoms with Crippen LogP contribution in [0.5, 0.6) is 0 Å². The summed E-state index contributed by atoms with van der Waals surface area (Å²) in [6.45, 7) is 10.9. The molecule has 4 nitrogen and oxygen atoms in total. The maximum atomic E-state index is 11.9. The zero-order valence-corrected chi connectivity index (χ0v) is 12.5. The van der Waals surface area contributed by atoms with E-state index in [4.69, 9.17) is 0 Å². The van der Waals surface area contributed by atoms with Gasteiger partial charge in [0, 0.05) is 17.3 Å². The molecule has 19 heavy (non-hydrogen) atoms. The highest BCUT2D eigenvalue weighted by Gasteiger charge is 2.15. The summed E-state index contributed by atoms with van der Waals surface area (Å²) in [4.78, 5) is 11.9. The van der Waals surface area contributed by atoms with Crippen molar-refractivity contribution in [3.05, 3.63) is 29.8 Å². The standard InChI is InChI=1S/C15H25N3O/c1-6-16-11(2)12-9-7-8-10-13(12)17-14(19)18-15(3,4)5/h7-11,16H,6H2,1-5H3,(H2,17,18,19). The van der Waals surface area contributed by atoms with E-state index in [1.165, 1.54) is 0 Å². The lowest BCUT2D eigenvalue weighted by Crippen LogP contribution is -2.43. The molecule has 1 rings (SSSR count). The highest BCUT2D eigenvalue weighted by Crippen LogP contribution is 2.22. The van der Waals surface area contributed by atoms with Gasteiger partial charge in [0.1, 0.15) is 0 Å². The number of hydrogen-bond acceptors (Lipinski definition) is 2. The minimum absolute atomic E-state index is 0.177. The average Bonchev–Trinajstić information content (AvgIpc) is 2.27. The van der Waals surface area contributed by atoms with E-state index in [0.29, 0.717) is 0 Å². The van der Waals surface area contributed by atoms with Crippen molar-refractivity contribution in [1.29, 1.82) is 0 Å². The van der Waals surface area contributed by atoms with E-state index in [-0.39, 0.29) is 17.6 Å². The molecular formula is C15H25N3O. The van der Waals surface area contributed by atoms with E-state index in [2.05, 4.69) is 29.8 Å². The Morgan fingerprint density at radius 3 is 2.47 bits per heavy atom. The van der Waals surface area contributed by atoms with Gasteiger partial charge in [-0.25, -0.2) is 4.79 Å². The first kappa shape index (κ1) is 15.5. The Bertz CT molecular complexity index is 424. The first-order valence-corrected chi connectivity index (χ1v) is 6.75. The van der Waals surface area contributed by atoms with Crippen molar-refractivity contribution in [1.82, 2.24) is 10.6 Å². The SMILES string of the molecule is CCNC(C)c1ccccc1NC(=O)NC(C)(C)C. The predicted molar refractivity (Wildman–Crippen MR) is 80.4 cm³/mol. The van der Waals surface area contributed by atoms with Crippen LogP contribution in [-0.4, -0.2) is 18.1 Å². The van der Waals surface area contributed by atoms with Gasteiger partial charge in [0.15, 0.2) is 0 Å². The molecular weight excluding hydrogens is 238 g/mol. The molecule has 4 heteroatoms. The summed E-state index contributed by atoms with van der Waals surface area (Å²) in [7, 11) is 0. The van der Waals surface area contributed by atoms with Crippen LogP contribution in [-0.2, 0) is 0 Å². The number of hydrogen-bond donors (Lipinski definition) is 3. The molecule has 0 radical (unpaired) electrons. The number of benzene rings is 1. The second kappa shape index (κ2) is 6.57. The molecule has 3 N–H and O–H groups in total. The molecule has 1 unspecified atom stereocenters. The van der Waals surface area contributed by atoms with Crippen LogP contribution < -0.4 is 16.0 Å². The first-order chi connectivity index (χ1) is 8.83. The minimum Gasteiger partial charge on any atom is -0.333 e. The largest absolute Gasteiger partial charge is 0.333 e. The van der Waals surface area contributed by atoms with Gasteiger partial charge >= 0.3 is 6.03 Å². The van der Waals surface area contributed by atoms with E-state index >= 15 is 0 Å². The molecule has 1 aromatic carbocycles. The third kappa shape index (κ3) is 5.30. The number of para-hydroxylation sites is 1. The molecule has 0 aliphatic heterocycles. The Balaban J connectivity index is 2.81. The van der Waals surface area contributed by atoms with Gasteiger partial charge in [-0.3, -0.25) is 0 Å². The van der Waals surface area contributed by atoms with Gasteiger partial charge in [0.25, 0.3) is 0 Å². The van der Waals surface area contributed by atoms with Gasteiger partial charge in [-0.2, -0.15) is 0 Å². The predicted octanol–water partition coefficient (Wildman–Crippen LogP) is 3.28. The first-order valence-electron chi connectivity index (χ1n) is 6.75. The average molecular weight is 263 g/mol. The summed E-state index contributed by atoms with van der Waals surface area (Å²) >= 11 is 0. The van der Waals surface area contributed by atoms with Crippen molar-refractivity contribution in [3.8, 4) is 0 Å². The summed E-state index contributed by atoms with van der Waals surface area (Å²) in [5.41, 5.74) is 1.69. The van der Waals surface area contributed by atoms with Crippen molar-refractivity contribution < 1.29 is 4.79 Å². The molecule has 2 amide bonds. The molecule has 0 fully saturated rings. The molecule has 0 spiro atoms. The lowest BCUT2D eigenvalue weighted by atomic mass is 10.1. The fourth-order valence-corrected chi connectivity index (χ4v) is 1.90. The van der Waals surface area contributed by atoms with Crippen LogP contribution in [0.2, 0.25) is 0 Å². The van der Waals surface area contributed by atoms with Crippen molar-refractivity contribution in [3.63, 3.8) is 0 Å². The van der Waals surface area contributed by atoms with Crippen LogP contribution in [0.4, 0.5) is 10.5 Å². The van der Waals surface area contributed by atoms with Crippen LogP contribution >= 0.6 is 0 Å². The Morgan fingerprint density at radius 1 is 1.26 bits per heavy atom. The second-order valence-corrected chi connectivity index (χ2v) is 5.70. The third-order valence-electron chi connectivity index (χ3n) is 2.67. The summed E-state index contributed by atoms with van der Waals surface area (Å²) in [6, 6.07) is 7.89. The highest BCUT2D eigenvalue weighted by atomic mass is 16.2. The van der Waals surface area contributed by atoms with Crippen molar-refractivity contribution >= 4 is 11.7 Å². The molecule has 106 valence electrons. The van der Waals surface area contributed by atoms with E-state index in [1.54, 1.807) is 0 Å². The van der Waals surface area contributed by atoms with Crippen molar-refractivity contribution in [2.45, 2.75) is 46.2 Å². The molecule has 0 saturated carbocycles. The van der Waals surface area contributed by atoms with Gasteiger partial charge in [0.05, 0.1) is 0 Å². The molecule has 0 saturated heterocycles. The topological polar surface area (TPSA) is 53.2 Å². The zero-order valence-electron chi connectivity index (χ0n) is 12.5. The third-order valence-corrected chi connectivity index (χ3v) is 2.67. The molecule has 0 heterocycles. The fourth-order valence-electron chi connectivity index (χ4n) is 1.90. The number of carbonyl (C=O) groups excluding carboxylic acids is 1. The summed E-state index contributed by atoms with van der Waals surface area (Å²) < 4.78 is 0. The second-order valence-electron chi connectivity index (χ2n) is 5.70. The van der Waals surface area contributed by atoms with Gasteiger partial charge in [-0.1, -0.05) is 25.1 Å². The molecule has 1 atom stereocenters. The Hall–Kier alpha value is -1.55. The smallest absolute Gasteiger partial charge is 0.319 e. The van der Waals surface area contributed by atoms with Crippen LogP contribution in [0.3, 0.4) is 0 Å². The molecule has 0 aromatic heterocycles. The van der Waals surface area contributed by atoms with Crippen molar-refractivity contribution in [2.24, 2.45) is 0 Å². The maximum absolute atomic E-state index is 11.9. The van der Waals surface area contributed by atoms with Crippen molar-refractivity contribution in [2.75, 3.05) is 11.9 Å². The van der Waals surface area contributed by atoms with E-state index in [1.807, 2.05) is 45.0 Å². The lowest BCUT2D eigenvalue weighted by Gasteiger charge is -2.22. The number of nitrogens with one attached hydrogen (secondary N) is 3. The summed E-state index contributed by atoms with van der Waals surface area (Å²) in [6.07, 6.45) is 0. The van der Waals surface area contributed by atoms with Gasteiger partial charge < -0.3 is 16.0 Å². The Kier molecular flexibility index (Phi) is 5.36. The molecule has 0 bridgehead atoms. The normalized spacial score (nSPS) is 12.9. The van der Waals surface area contributed by atoms with Crippen LogP contribution in [0.25, 0.3) is 0 Å². The summed E-state index contributed by atoms with van der Waals surface area (Å²) in [5.74, 6) is 0. The van der Waals surface area contributed by atoms with Crippen LogP contribution in [0.15, 0.2) is 24.3 Å². The van der Waals surface area contributed by atoms with E-state index in [9.17, 15) is 4.79 Å². The number of urea groups is 1. The molecule has 1 aromatic rings. The van der Waals surface area contributed by atoms with E-state index in [0.717, 1.165) is 17.8 Å². The highest BCUT2D eigenvalue weighted by molar-refractivity contribution is 5.90. The Labute approximate surface area is 116 Å². The number of amides is 2. The lowest BCUT2D eigenvalue weighted by molar-refractivity contribution is 0.244. The van der Waals surface area contributed by atoms with Gasteiger partial charge in [-0.05, 0) is 45.9 Å². The number of anilines is 1. The molecule has 0 aliphatic carbocycles. The van der Waals surface area contributed by atoms with Crippen LogP contribution in [0.1, 0.15) is 46.2 Å². The Morgan fingerprint density at radius 2 is 1.89 bits per heavy atom. The number of carbonyl (C=O) groups is 1. The maximum Gasteiger partial charge on any atom is 0.319 e. The monoisotopic (exact) mass is 263 g/mol. The fraction of sp³-hybridized carbons (Fsp3) is 0.533. The quantitative estimate of drug-likeness (QED) is 0.781. The molecule has 0 aliphatic rings. The van der Waals surface area contributed by atoms with Gasteiger partial charge in [-0.15, -0.1) is 0 Å². The van der Waals surface area contributed by atoms with E-state index < -0.39 is 0 Å². The zero-order chi connectivity index (χ0) is 14.5. The summed E-state index contributed by atoms with van der Waals surface area (Å²) in [5, 5.41) is 9.16. The number of rotatable bonds is 4.